The van der Waals surface area contributed by atoms with Crippen LogP contribution in [-0.4, -0.2) is 24.7 Å². The molecule has 0 unspecified atom stereocenters. The molecule has 7 heteroatoms. The Morgan fingerprint density at radius 2 is 1.86 bits per heavy atom. The van der Waals surface area contributed by atoms with Crippen LogP contribution in [0.3, 0.4) is 0 Å². The summed E-state index contributed by atoms with van der Waals surface area (Å²) in [6.45, 7) is 0.658. The van der Waals surface area contributed by atoms with Crippen molar-refractivity contribution in [3.63, 3.8) is 0 Å². The third kappa shape index (κ3) is 5.13. The van der Waals surface area contributed by atoms with Crippen LogP contribution in [0, 0.1) is 0 Å². The molecule has 1 aromatic carbocycles. The van der Waals surface area contributed by atoms with Crippen LogP contribution in [0.2, 0.25) is 0 Å². The van der Waals surface area contributed by atoms with Crippen molar-refractivity contribution in [1.82, 2.24) is 14.5 Å². The van der Waals surface area contributed by atoms with E-state index in [9.17, 15) is 13.2 Å². The van der Waals surface area contributed by atoms with Crippen molar-refractivity contribution >= 4 is 10.0 Å². The summed E-state index contributed by atoms with van der Waals surface area (Å²) >= 11 is 0. The molecule has 2 aromatic rings. The molecule has 112 valence electrons. The summed E-state index contributed by atoms with van der Waals surface area (Å²) in [5.41, 5.74) is 0.551. The smallest absolute Gasteiger partial charge is 0.266 e. The maximum atomic E-state index is 11.9. The van der Waals surface area contributed by atoms with Gasteiger partial charge in [-0.3, -0.25) is 4.79 Å². The molecule has 0 aliphatic rings. The van der Waals surface area contributed by atoms with E-state index in [-0.39, 0.29) is 17.9 Å². The fraction of sp³-hybridized carbons (Fsp3) is 0.286. The molecule has 0 spiro atoms. The third-order valence-electron chi connectivity index (χ3n) is 2.85. The van der Waals surface area contributed by atoms with Crippen LogP contribution in [0.15, 0.2) is 53.5 Å². The highest BCUT2D eigenvalue weighted by Gasteiger charge is 2.10. The zero-order valence-corrected chi connectivity index (χ0v) is 12.3. The summed E-state index contributed by atoms with van der Waals surface area (Å²) in [6, 6.07) is 12.0. The number of rotatable bonds is 7. The number of aromatic nitrogens is 2. The van der Waals surface area contributed by atoms with Crippen LogP contribution in [0.1, 0.15) is 12.0 Å². The Morgan fingerprint density at radius 3 is 2.57 bits per heavy atom. The van der Waals surface area contributed by atoms with Crippen molar-refractivity contribution < 1.29 is 8.42 Å². The van der Waals surface area contributed by atoms with Gasteiger partial charge in [0.1, 0.15) is 0 Å². The highest BCUT2D eigenvalue weighted by molar-refractivity contribution is 7.88. The Morgan fingerprint density at radius 1 is 1.10 bits per heavy atom. The van der Waals surface area contributed by atoms with Gasteiger partial charge in [0.05, 0.1) is 5.75 Å². The van der Waals surface area contributed by atoms with E-state index in [1.807, 2.05) is 6.07 Å². The topological polar surface area (TPSA) is 81.1 Å². The number of sulfonamides is 1. The molecule has 0 saturated carbocycles. The van der Waals surface area contributed by atoms with Crippen LogP contribution in [0.25, 0.3) is 0 Å². The van der Waals surface area contributed by atoms with Crippen molar-refractivity contribution in [2.45, 2.75) is 18.7 Å². The molecule has 0 aliphatic carbocycles. The molecule has 6 nitrogen and oxygen atoms in total. The van der Waals surface area contributed by atoms with E-state index < -0.39 is 10.0 Å². The summed E-state index contributed by atoms with van der Waals surface area (Å²) in [4.78, 5) is 11.4. The molecule has 1 heterocycles. The average molecular weight is 307 g/mol. The van der Waals surface area contributed by atoms with Crippen LogP contribution < -0.4 is 10.3 Å². The predicted molar refractivity (Wildman–Crippen MR) is 80.2 cm³/mol. The van der Waals surface area contributed by atoms with Crippen LogP contribution in [0.5, 0.6) is 0 Å². The lowest BCUT2D eigenvalue weighted by molar-refractivity contribution is 0.535. The van der Waals surface area contributed by atoms with E-state index >= 15 is 0 Å². The molecular weight excluding hydrogens is 290 g/mol. The van der Waals surface area contributed by atoms with Gasteiger partial charge < -0.3 is 0 Å². The lowest BCUT2D eigenvalue weighted by atomic mass is 10.2. The first-order valence-electron chi connectivity index (χ1n) is 6.60. The molecule has 1 N–H and O–H groups in total. The van der Waals surface area contributed by atoms with E-state index in [1.165, 1.54) is 16.9 Å². The minimum atomic E-state index is -3.36. The zero-order valence-electron chi connectivity index (χ0n) is 11.5. The predicted octanol–water partition coefficient (Wildman–Crippen LogP) is 0.753. The number of aryl methyl sites for hydroxylation is 1. The minimum absolute atomic E-state index is 0.0443. The van der Waals surface area contributed by atoms with Gasteiger partial charge in [0.25, 0.3) is 5.56 Å². The molecule has 2 rings (SSSR count). The molecule has 0 radical (unpaired) electrons. The summed E-state index contributed by atoms with van der Waals surface area (Å²) in [5.74, 6) is -0.0443. The van der Waals surface area contributed by atoms with Gasteiger partial charge in [-0.2, -0.15) is 5.10 Å². The van der Waals surface area contributed by atoms with Gasteiger partial charge in [-0.15, -0.1) is 0 Å². The molecule has 0 bridgehead atoms. The van der Waals surface area contributed by atoms with Gasteiger partial charge >= 0.3 is 0 Å². The molecule has 0 amide bonds. The van der Waals surface area contributed by atoms with Gasteiger partial charge in [-0.05, 0) is 18.1 Å². The summed E-state index contributed by atoms with van der Waals surface area (Å²) < 4.78 is 27.6. The second kappa shape index (κ2) is 7.14. The first-order chi connectivity index (χ1) is 10.1. The molecule has 1 aromatic heterocycles. The quantitative estimate of drug-likeness (QED) is 0.766. The Bertz CT molecular complexity index is 726. The second-order valence-corrected chi connectivity index (χ2v) is 6.38. The van der Waals surface area contributed by atoms with Crippen molar-refractivity contribution in [3.05, 3.63) is 64.6 Å². The van der Waals surface area contributed by atoms with Gasteiger partial charge in [0, 0.05) is 25.4 Å². The second-order valence-electron chi connectivity index (χ2n) is 4.58. The summed E-state index contributed by atoms with van der Waals surface area (Å²) in [7, 11) is -3.36. The van der Waals surface area contributed by atoms with E-state index in [2.05, 4.69) is 9.82 Å². The van der Waals surface area contributed by atoms with Crippen molar-refractivity contribution in [1.29, 1.82) is 0 Å². The monoisotopic (exact) mass is 307 g/mol. The Kier molecular flexibility index (Phi) is 5.24. The molecule has 0 fully saturated rings. The average Bonchev–Trinajstić information content (AvgIpc) is 2.46. The summed E-state index contributed by atoms with van der Waals surface area (Å²) in [6.07, 6.45) is 2.03. The number of nitrogens with one attached hydrogen (secondary N) is 1. The van der Waals surface area contributed by atoms with E-state index in [1.54, 1.807) is 30.3 Å². The lowest BCUT2D eigenvalue weighted by Crippen LogP contribution is -2.28. The van der Waals surface area contributed by atoms with Crippen LogP contribution >= 0.6 is 0 Å². The maximum Gasteiger partial charge on any atom is 0.266 e. The molecule has 21 heavy (non-hydrogen) atoms. The first-order valence-corrected chi connectivity index (χ1v) is 8.25. The highest BCUT2D eigenvalue weighted by atomic mass is 32.2. The number of hydrogen-bond donors (Lipinski definition) is 1. The normalized spacial score (nSPS) is 11.4. The van der Waals surface area contributed by atoms with Gasteiger partial charge in [-0.25, -0.2) is 17.8 Å². The van der Waals surface area contributed by atoms with Crippen LogP contribution in [-0.2, 0) is 22.3 Å². The first kappa shape index (κ1) is 15.4. The zero-order chi connectivity index (χ0) is 15.1. The van der Waals surface area contributed by atoms with E-state index in [0.29, 0.717) is 13.0 Å². The minimum Gasteiger partial charge on any atom is -0.268 e. The SMILES string of the molecule is O=c1cccnn1CCCNS(=O)(=O)Cc1ccccc1. The Hall–Kier alpha value is -1.99. The van der Waals surface area contributed by atoms with Gasteiger partial charge in [0.15, 0.2) is 0 Å². The van der Waals surface area contributed by atoms with Crippen molar-refractivity contribution in [2.75, 3.05) is 6.54 Å². The Labute approximate surface area is 123 Å². The van der Waals surface area contributed by atoms with Gasteiger partial charge in [-0.1, -0.05) is 30.3 Å². The summed E-state index contributed by atoms with van der Waals surface area (Å²) in [5, 5.41) is 3.91. The fourth-order valence-corrected chi connectivity index (χ4v) is 3.05. The highest BCUT2D eigenvalue weighted by Crippen LogP contribution is 2.03. The fourth-order valence-electron chi connectivity index (χ4n) is 1.86. The molecular formula is C14H17N3O3S. The van der Waals surface area contributed by atoms with E-state index in [4.69, 9.17) is 0 Å². The van der Waals surface area contributed by atoms with Gasteiger partial charge in [0.2, 0.25) is 10.0 Å². The Balaban J connectivity index is 1.80. The molecule has 0 atom stereocenters. The number of hydrogen-bond acceptors (Lipinski definition) is 4. The van der Waals surface area contributed by atoms with Crippen molar-refractivity contribution in [2.24, 2.45) is 0 Å². The number of nitrogens with zero attached hydrogens (tertiary/aromatic N) is 2. The standard InChI is InChI=1S/C14H17N3O3S/c18-14-8-4-9-15-17(14)11-5-10-16-21(19,20)12-13-6-2-1-3-7-13/h1-4,6-9,16H,5,10-12H2. The van der Waals surface area contributed by atoms with E-state index in [0.717, 1.165) is 5.56 Å². The molecule has 0 aliphatic heterocycles. The third-order valence-corrected chi connectivity index (χ3v) is 4.21. The maximum absolute atomic E-state index is 11.9. The number of benzene rings is 1. The van der Waals surface area contributed by atoms with Crippen LogP contribution in [0.4, 0.5) is 0 Å². The van der Waals surface area contributed by atoms with Crippen molar-refractivity contribution in [3.8, 4) is 0 Å². The molecule has 0 saturated heterocycles. The lowest BCUT2D eigenvalue weighted by Gasteiger charge is -2.07. The largest absolute Gasteiger partial charge is 0.268 e.